The number of imidazole rings is 1. The van der Waals surface area contributed by atoms with E-state index in [2.05, 4.69) is 9.71 Å². The van der Waals surface area contributed by atoms with Crippen LogP contribution in [0.3, 0.4) is 0 Å². The summed E-state index contributed by atoms with van der Waals surface area (Å²) in [5.41, 5.74) is 4.88. The molecule has 0 unspecified atom stereocenters. The number of hydrogen-bond donors (Lipinski definition) is 2. The molecule has 4 rings (SSSR count). The number of para-hydroxylation sites is 2. The molecular formula is C25H32N4O4S. The van der Waals surface area contributed by atoms with Gasteiger partial charge in [0.1, 0.15) is 0 Å². The number of aromatic nitrogens is 2. The van der Waals surface area contributed by atoms with Crippen molar-refractivity contribution < 1.29 is 13.2 Å². The van der Waals surface area contributed by atoms with Gasteiger partial charge >= 0.3 is 5.69 Å². The molecule has 0 aliphatic carbocycles. The van der Waals surface area contributed by atoms with Gasteiger partial charge in [-0.05, 0) is 74.9 Å². The van der Waals surface area contributed by atoms with E-state index in [1.807, 2.05) is 58.0 Å². The number of rotatable bonds is 6. The largest absolute Gasteiger partial charge is 0.343 e. The minimum atomic E-state index is -3.72. The molecule has 9 heteroatoms. The van der Waals surface area contributed by atoms with Crippen LogP contribution in [-0.2, 0) is 14.8 Å². The van der Waals surface area contributed by atoms with E-state index < -0.39 is 10.0 Å². The Hall–Kier alpha value is -2.91. The van der Waals surface area contributed by atoms with E-state index in [1.54, 1.807) is 9.47 Å². The molecule has 1 aliphatic heterocycles. The number of aryl methyl sites for hydroxylation is 2. The van der Waals surface area contributed by atoms with Gasteiger partial charge in [0.2, 0.25) is 15.9 Å². The normalized spacial score (nSPS) is 15.2. The van der Waals surface area contributed by atoms with E-state index in [-0.39, 0.29) is 30.6 Å². The summed E-state index contributed by atoms with van der Waals surface area (Å²) in [6, 6.07) is 9.63. The molecule has 8 nitrogen and oxygen atoms in total. The van der Waals surface area contributed by atoms with Gasteiger partial charge < -0.3 is 9.88 Å². The highest BCUT2D eigenvalue weighted by molar-refractivity contribution is 7.89. The lowest BCUT2D eigenvalue weighted by Gasteiger charge is -2.32. The van der Waals surface area contributed by atoms with Crippen molar-refractivity contribution in [2.75, 3.05) is 19.6 Å². The third-order valence-electron chi connectivity index (χ3n) is 7.00. The minimum Gasteiger partial charge on any atom is -0.343 e. The molecule has 2 aromatic carbocycles. The zero-order valence-electron chi connectivity index (χ0n) is 20.1. The molecule has 2 heterocycles. The number of likely N-dealkylation sites (tertiary alicyclic amines) is 1. The number of aromatic amines is 1. The van der Waals surface area contributed by atoms with Gasteiger partial charge in [0.15, 0.2) is 0 Å². The first-order valence-corrected chi connectivity index (χ1v) is 13.1. The number of nitrogens with one attached hydrogen (secondary N) is 2. The van der Waals surface area contributed by atoms with Crippen molar-refractivity contribution >= 4 is 27.0 Å². The monoisotopic (exact) mass is 484 g/mol. The van der Waals surface area contributed by atoms with E-state index in [4.69, 9.17) is 0 Å². The first-order chi connectivity index (χ1) is 16.1. The third-order valence-corrected chi connectivity index (χ3v) is 8.74. The number of nitrogens with zero attached hydrogens (tertiary/aromatic N) is 2. The molecule has 1 aromatic heterocycles. The molecule has 2 N–H and O–H groups in total. The van der Waals surface area contributed by atoms with Gasteiger partial charge in [-0.15, -0.1) is 0 Å². The number of carbonyl (C=O) groups excluding carboxylic acids is 1. The highest BCUT2D eigenvalue weighted by atomic mass is 32.2. The SMILES string of the molecule is Cc1cc(C)c(C)c(S(=O)(=O)NCCC(=O)N2CCC(n3c(=O)[nH]c4ccccc43)CC2)c1C. The Morgan fingerprint density at radius 2 is 1.68 bits per heavy atom. The molecule has 0 saturated carbocycles. The van der Waals surface area contributed by atoms with E-state index >= 15 is 0 Å². The van der Waals surface area contributed by atoms with Crippen molar-refractivity contribution in [1.29, 1.82) is 0 Å². The maximum atomic E-state index is 13.0. The van der Waals surface area contributed by atoms with Gasteiger partial charge in [0.25, 0.3) is 0 Å². The van der Waals surface area contributed by atoms with Crippen LogP contribution < -0.4 is 10.4 Å². The number of fused-ring (bicyclic) bond motifs is 1. The Kier molecular flexibility index (Phi) is 6.69. The van der Waals surface area contributed by atoms with Gasteiger partial charge in [-0.3, -0.25) is 9.36 Å². The molecule has 182 valence electrons. The van der Waals surface area contributed by atoms with Crippen molar-refractivity contribution in [3.8, 4) is 0 Å². The summed E-state index contributed by atoms with van der Waals surface area (Å²) in [7, 11) is -3.72. The van der Waals surface area contributed by atoms with Crippen LogP contribution in [0.15, 0.2) is 40.0 Å². The maximum Gasteiger partial charge on any atom is 0.326 e. The summed E-state index contributed by atoms with van der Waals surface area (Å²) in [5.74, 6) is -0.0821. The van der Waals surface area contributed by atoms with Crippen molar-refractivity contribution in [3.05, 3.63) is 63.1 Å². The molecule has 1 fully saturated rings. The zero-order valence-corrected chi connectivity index (χ0v) is 21.0. The van der Waals surface area contributed by atoms with Crippen molar-refractivity contribution in [2.45, 2.75) is 57.9 Å². The number of sulfonamides is 1. The summed E-state index contributed by atoms with van der Waals surface area (Å²) in [6.07, 6.45) is 1.46. The van der Waals surface area contributed by atoms with E-state index in [9.17, 15) is 18.0 Å². The van der Waals surface area contributed by atoms with Gasteiger partial charge in [-0.1, -0.05) is 18.2 Å². The van der Waals surface area contributed by atoms with Crippen molar-refractivity contribution in [3.63, 3.8) is 0 Å². The summed E-state index contributed by atoms with van der Waals surface area (Å²) < 4.78 is 30.4. The van der Waals surface area contributed by atoms with Crippen LogP contribution in [0.4, 0.5) is 0 Å². The second-order valence-corrected chi connectivity index (χ2v) is 10.9. The van der Waals surface area contributed by atoms with Crippen LogP contribution in [0.2, 0.25) is 0 Å². The molecule has 1 aliphatic rings. The second-order valence-electron chi connectivity index (χ2n) is 9.17. The van der Waals surface area contributed by atoms with Gasteiger partial charge in [-0.2, -0.15) is 0 Å². The minimum absolute atomic E-state index is 0.0294. The fraction of sp³-hybridized carbons (Fsp3) is 0.440. The summed E-state index contributed by atoms with van der Waals surface area (Å²) in [4.78, 5) is 30.2. The van der Waals surface area contributed by atoms with Gasteiger partial charge in [0.05, 0.1) is 15.9 Å². The van der Waals surface area contributed by atoms with E-state index in [1.165, 1.54) is 0 Å². The first kappa shape index (κ1) is 24.2. The lowest BCUT2D eigenvalue weighted by atomic mass is 10.0. The number of hydrogen-bond acceptors (Lipinski definition) is 4. The predicted molar refractivity (Wildman–Crippen MR) is 133 cm³/mol. The Labute approximate surface area is 200 Å². The Morgan fingerprint density at radius 3 is 2.32 bits per heavy atom. The number of H-pyrrole nitrogens is 1. The molecule has 0 spiro atoms. The number of piperidine rings is 1. The predicted octanol–water partition coefficient (Wildman–Crippen LogP) is 3.10. The summed E-state index contributed by atoms with van der Waals surface area (Å²) in [5, 5.41) is 0. The molecule has 3 aromatic rings. The summed E-state index contributed by atoms with van der Waals surface area (Å²) >= 11 is 0. The quantitative estimate of drug-likeness (QED) is 0.561. The molecule has 0 bridgehead atoms. The van der Waals surface area contributed by atoms with Crippen LogP contribution in [0.5, 0.6) is 0 Å². The van der Waals surface area contributed by atoms with Gasteiger partial charge in [-0.25, -0.2) is 17.9 Å². The molecule has 0 radical (unpaired) electrons. The lowest BCUT2D eigenvalue weighted by Crippen LogP contribution is -2.41. The van der Waals surface area contributed by atoms with Gasteiger partial charge in [0, 0.05) is 32.1 Å². The number of carbonyl (C=O) groups is 1. The highest BCUT2D eigenvalue weighted by Crippen LogP contribution is 2.27. The Morgan fingerprint density at radius 1 is 1.06 bits per heavy atom. The van der Waals surface area contributed by atoms with E-state index in [0.717, 1.165) is 33.3 Å². The molecule has 34 heavy (non-hydrogen) atoms. The summed E-state index contributed by atoms with van der Waals surface area (Å²) in [6.45, 7) is 8.55. The molecule has 1 saturated heterocycles. The molecule has 1 amide bonds. The average Bonchev–Trinajstić information content (AvgIpc) is 3.13. The fourth-order valence-electron chi connectivity index (χ4n) is 4.92. The Bertz CT molecular complexity index is 1370. The maximum absolute atomic E-state index is 13.0. The van der Waals surface area contributed by atoms with Crippen LogP contribution >= 0.6 is 0 Å². The van der Waals surface area contributed by atoms with E-state index in [0.29, 0.717) is 30.8 Å². The second kappa shape index (κ2) is 9.38. The Balaban J connectivity index is 1.35. The zero-order chi connectivity index (χ0) is 24.6. The number of benzene rings is 2. The van der Waals surface area contributed by atoms with Crippen LogP contribution in [0.1, 0.15) is 47.6 Å². The first-order valence-electron chi connectivity index (χ1n) is 11.6. The standard InChI is InChI=1S/C25H32N4O4S/c1-16-15-17(2)19(4)24(18(16)3)34(32,33)26-12-9-23(30)28-13-10-20(11-14-28)29-22-8-6-5-7-21(22)27-25(29)31/h5-8,15,20,26H,9-14H2,1-4H3,(H,27,31). The average molecular weight is 485 g/mol. The van der Waals surface area contributed by atoms with Crippen LogP contribution in [0.25, 0.3) is 11.0 Å². The molecular weight excluding hydrogens is 452 g/mol. The third kappa shape index (κ3) is 4.54. The smallest absolute Gasteiger partial charge is 0.326 e. The fourth-order valence-corrected chi connectivity index (χ4v) is 6.56. The topological polar surface area (TPSA) is 104 Å². The van der Waals surface area contributed by atoms with Crippen molar-refractivity contribution in [1.82, 2.24) is 19.2 Å². The lowest BCUT2D eigenvalue weighted by molar-refractivity contribution is -0.132. The highest BCUT2D eigenvalue weighted by Gasteiger charge is 2.27. The molecule has 0 atom stereocenters. The van der Waals surface area contributed by atoms with Crippen molar-refractivity contribution in [2.24, 2.45) is 0 Å². The van der Waals surface area contributed by atoms with Crippen LogP contribution in [0, 0.1) is 27.7 Å². The van der Waals surface area contributed by atoms with Crippen LogP contribution in [-0.4, -0.2) is 48.4 Å². The number of amides is 1.